The van der Waals surface area contributed by atoms with Crippen LogP contribution in [0.2, 0.25) is 5.02 Å². The number of ether oxygens (including phenoxy) is 2. The number of fused-ring (bicyclic) bond motifs is 2. The second-order valence-electron chi connectivity index (χ2n) is 8.79. The molecular formula is C29H24ClN3O5S. The van der Waals surface area contributed by atoms with Crippen LogP contribution in [0.5, 0.6) is 5.75 Å². The predicted molar refractivity (Wildman–Crippen MR) is 151 cm³/mol. The van der Waals surface area contributed by atoms with Crippen molar-refractivity contribution in [2.45, 2.75) is 19.3 Å². The van der Waals surface area contributed by atoms with Crippen LogP contribution < -0.4 is 15.6 Å². The van der Waals surface area contributed by atoms with E-state index in [1.165, 1.54) is 13.2 Å². The van der Waals surface area contributed by atoms with Crippen molar-refractivity contribution in [3.05, 3.63) is 92.3 Å². The molecule has 4 aromatic rings. The van der Waals surface area contributed by atoms with E-state index < -0.39 is 24.4 Å². The van der Waals surface area contributed by atoms with Crippen LogP contribution in [0.3, 0.4) is 0 Å². The first-order valence-corrected chi connectivity index (χ1v) is 13.5. The summed E-state index contributed by atoms with van der Waals surface area (Å²) in [6.45, 7) is -0.588. The van der Waals surface area contributed by atoms with Crippen molar-refractivity contribution in [2.24, 2.45) is 0 Å². The third kappa shape index (κ3) is 5.79. The number of nitrogens with one attached hydrogen (secondary N) is 2. The number of aromatic nitrogens is 1. The molecule has 0 aliphatic heterocycles. The van der Waals surface area contributed by atoms with Crippen LogP contribution in [0.25, 0.3) is 22.6 Å². The molecule has 2 aromatic heterocycles. The number of benzene rings is 2. The highest BCUT2D eigenvalue weighted by Crippen LogP contribution is 2.36. The number of hydrogen-bond donors (Lipinski definition) is 2. The van der Waals surface area contributed by atoms with Crippen LogP contribution >= 0.6 is 22.9 Å². The van der Waals surface area contributed by atoms with Crippen molar-refractivity contribution in [1.82, 2.24) is 15.8 Å². The lowest BCUT2D eigenvalue weighted by molar-refractivity contribution is -0.125. The fourth-order valence-corrected chi connectivity index (χ4v) is 5.40. The molecular weight excluding hydrogens is 538 g/mol. The van der Waals surface area contributed by atoms with Gasteiger partial charge in [0, 0.05) is 15.3 Å². The van der Waals surface area contributed by atoms with Crippen LogP contribution in [0.1, 0.15) is 49.7 Å². The van der Waals surface area contributed by atoms with Crippen molar-refractivity contribution in [2.75, 3.05) is 13.7 Å². The zero-order valence-corrected chi connectivity index (χ0v) is 22.5. The molecule has 10 heteroatoms. The maximum Gasteiger partial charge on any atom is 0.339 e. The number of halogens is 1. The number of amides is 2. The fraction of sp³-hybridized carbons (Fsp3) is 0.172. The first kappa shape index (κ1) is 26.4. The molecule has 0 atom stereocenters. The van der Waals surface area contributed by atoms with E-state index >= 15 is 0 Å². The third-order valence-corrected chi connectivity index (χ3v) is 7.34. The number of esters is 1. The van der Waals surface area contributed by atoms with Crippen LogP contribution in [-0.4, -0.2) is 36.5 Å². The molecule has 0 fully saturated rings. The van der Waals surface area contributed by atoms with Gasteiger partial charge in [-0.3, -0.25) is 20.4 Å². The number of thiophene rings is 1. The van der Waals surface area contributed by atoms with Gasteiger partial charge in [-0.2, -0.15) is 0 Å². The second kappa shape index (κ2) is 11.7. The topological polar surface area (TPSA) is 107 Å². The van der Waals surface area contributed by atoms with Crippen molar-refractivity contribution in [3.63, 3.8) is 0 Å². The van der Waals surface area contributed by atoms with Gasteiger partial charge in [0.1, 0.15) is 5.75 Å². The molecule has 2 N–H and O–H groups in total. The van der Waals surface area contributed by atoms with E-state index in [-0.39, 0.29) is 5.56 Å². The number of para-hydroxylation sites is 1. The number of rotatable bonds is 6. The fourth-order valence-electron chi connectivity index (χ4n) is 4.54. The van der Waals surface area contributed by atoms with Gasteiger partial charge in [-0.05, 0) is 72.2 Å². The number of carbonyl (C=O) groups excluding carboxylic acids is 3. The average Bonchev–Trinajstić information content (AvgIpc) is 3.46. The van der Waals surface area contributed by atoms with Gasteiger partial charge in [0.05, 0.1) is 29.4 Å². The highest BCUT2D eigenvalue weighted by atomic mass is 35.5. The Morgan fingerprint density at radius 3 is 2.72 bits per heavy atom. The minimum absolute atomic E-state index is 0.142. The number of hydrazine groups is 1. The van der Waals surface area contributed by atoms with Crippen LogP contribution in [0.4, 0.5) is 0 Å². The first-order valence-electron chi connectivity index (χ1n) is 12.2. The lowest BCUT2D eigenvalue weighted by Crippen LogP contribution is -2.43. The van der Waals surface area contributed by atoms with Gasteiger partial charge in [-0.25, -0.2) is 9.78 Å². The summed E-state index contributed by atoms with van der Waals surface area (Å²) < 4.78 is 10.6. The Hall–Kier alpha value is -4.21. The predicted octanol–water partition coefficient (Wildman–Crippen LogP) is 5.45. The standard InChI is InChI=1S/C29H24ClN3O5S/c1-37-24-12-11-18(30)15-22(24)28(35)33-32-25(34)16-38-29(36)26-20-8-2-3-10-23(20)31-27-17(6-4-9-21(26)27)14-19-7-5-13-39-19/h2-3,5,7-8,10-15H,4,6,9,16H2,1H3,(H,32,34)(H,33,35)/b17-14-. The maximum absolute atomic E-state index is 13.4. The Kier molecular flexibility index (Phi) is 7.90. The summed E-state index contributed by atoms with van der Waals surface area (Å²) >= 11 is 7.61. The molecule has 2 amide bonds. The molecule has 0 unspecified atom stereocenters. The molecule has 2 aromatic carbocycles. The summed E-state index contributed by atoms with van der Waals surface area (Å²) in [5.41, 5.74) is 8.43. The van der Waals surface area contributed by atoms with Crippen molar-refractivity contribution in [1.29, 1.82) is 0 Å². The summed E-state index contributed by atoms with van der Waals surface area (Å²) in [6, 6.07) is 16.0. The number of carbonyl (C=O) groups is 3. The Balaban J connectivity index is 1.33. The number of hydrogen-bond acceptors (Lipinski definition) is 7. The SMILES string of the molecule is COc1ccc(Cl)cc1C(=O)NNC(=O)COC(=O)c1c2c(nc3ccccc13)/C(=C\c1cccs1)CCC2. The average molecular weight is 562 g/mol. The van der Waals surface area contributed by atoms with E-state index in [1.54, 1.807) is 23.5 Å². The highest BCUT2D eigenvalue weighted by Gasteiger charge is 2.26. The monoisotopic (exact) mass is 561 g/mol. The van der Waals surface area contributed by atoms with Crippen molar-refractivity contribution < 1.29 is 23.9 Å². The summed E-state index contributed by atoms with van der Waals surface area (Å²) in [4.78, 5) is 44.3. The van der Waals surface area contributed by atoms with Gasteiger partial charge in [0.15, 0.2) is 6.61 Å². The Morgan fingerprint density at radius 2 is 1.92 bits per heavy atom. The van der Waals surface area contributed by atoms with Crippen molar-refractivity contribution in [3.8, 4) is 5.75 Å². The molecule has 1 aliphatic carbocycles. The van der Waals surface area contributed by atoms with Gasteiger partial charge < -0.3 is 9.47 Å². The molecule has 0 saturated heterocycles. The van der Waals surface area contributed by atoms with Gasteiger partial charge >= 0.3 is 5.97 Å². The number of methoxy groups -OCH3 is 1. The van der Waals surface area contributed by atoms with E-state index in [0.717, 1.165) is 34.5 Å². The van der Waals surface area contributed by atoms with Crippen LogP contribution in [0, 0.1) is 0 Å². The minimum atomic E-state index is -0.705. The lowest BCUT2D eigenvalue weighted by Gasteiger charge is -2.22. The molecule has 0 bridgehead atoms. The maximum atomic E-state index is 13.4. The largest absolute Gasteiger partial charge is 0.496 e. The number of allylic oxidation sites excluding steroid dienone is 1. The second-order valence-corrected chi connectivity index (χ2v) is 10.2. The molecule has 5 rings (SSSR count). The Labute approximate surface area is 233 Å². The summed E-state index contributed by atoms with van der Waals surface area (Å²) in [5.74, 6) is -1.67. The van der Waals surface area contributed by atoms with Gasteiger partial charge in [0.25, 0.3) is 11.8 Å². The van der Waals surface area contributed by atoms with Crippen LogP contribution in [0.15, 0.2) is 60.0 Å². The number of nitrogens with zero attached hydrogens (tertiary/aromatic N) is 1. The Bertz CT molecular complexity index is 1600. The van der Waals surface area contributed by atoms with E-state index in [9.17, 15) is 14.4 Å². The molecule has 0 radical (unpaired) electrons. The summed E-state index contributed by atoms with van der Waals surface area (Å²) in [6.07, 6.45) is 4.50. The van der Waals surface area contributed by atoms with Crippen molar-refractivity contribution >= 4 is 63.3 Å². The van der Waals surface area contributed by atoms with E-state index in [1.807, 2.05) is 41.8 Å². The van der Waals surface area contributed by atoms with Gasteiger partial charge in [-0.15, -0.1) is 11.3 Å². The van der Waals surface area contributed by atoms with E-state index in [4.69, 9.17) is 26.1 Å². The summed E-state index contributed by atoms with van der Waals surface area (Å²) in [5, 5.41) is 3.02. The van der Waals surface area contributed by atoms with Gasteiger partial charge in [0.2, 0.25) is 0 Å². The number of pyridine rings is 1. The summed E-state index contributed by atoms with van der Waals surface area (Å²) in [7, 11) is 1.42. The molecule has 0 saturated carbocycles. The van der Waals surface area contributed by atoms with Crippen LogP contribution in [-0.2, 0) is 16.0 Å². The molecule has 1 aliphatic rings. The first-order chi connectivity index (χ1) is 18.9. The lowest BCUT2D eigenvalue weighted by atomic mass is 9.86. The third-order valence-electron chi connectivity index (χ3n) is 6.29. The van der Waals surface area contributed by atoms with E-state index in [0.29, 0.717) is 33.7 Å². The Morgan fingerprint density at radius 1 is 1.08 bits per heavy atom. The molecule has 39 heavy (non-hydrogen) atoms. The minimum Gasteiger partial charge on any atom is -0.496 e. The zero-order valence-electron chi connectivity index (χ0n) is 21.0. The van der Waals surface area contributed by atoms with E-state index in [2.05, 4.69) is 16.9 Å². The smallest absolute Gasteiger partial charge is 0.339 e. The molecule has 8 nitrogen and oxygen atoms in total. The molecule has 0 spiro atoms. The van der Waals surface area contributed by atoms with Gasteiger partial charge in [-0.1, -0.05) is 35.9 Å². The zero-order chi connectivity index (χ0) is 27.4. The quantitative estimate of drug-likeness (QED) is 0.239. The molecule has 198 valence electrons. The normalized spacial score (nSPS) is 13.5. The highest BCUT2D eigenvalue weighted by molar-refractivity contribution is 7.10. The molecule has 2 heterocycles.